The Balaban J connectivity index is 5.28. The lowest BCUT2D eigenvalue weighted by Gasteiger charge is -2.26. The van der Waals surface area contributed by atoms with E-state index >= 15 is 0 Å². The van der Waals surface area contributed by atoms with Crippen LogP contribution < -0.4 is 0 Å². The molecule has 0 amide bonds. The highest BCUT2D eigenvalue weighted by Gasteiger charge is 2.20. The molecule has 0 aromatic carbocycles. The molecule has 94 valence electrons. The van der Waals surface area contributed by atoms with E-state index in [-0.39, 0.29) is 10.8 Å². The average molecular weight is 240 g/mol. The quantitative estimate of drug-likeness (QED) is 0.573. The molecule has 0 saturated heterocycles. The Kier molecular flexibility index (Phi) is 5.89. The Morgan fingerprint density at radius 2 is 1.50 bits per heavy atom. The van der Waals surface area contributed by atoms with Gasteiger partial charge < -0.3 is 0 Å². The lowest BCUT2D eigenvalue weighted by molar-refractivity contribution is 0.504. The number of hydrogen-bond acceptors (Lipinski definition) is 1. The third kappa shape index (κ3) is 5.25. The van der Waals surface area contributed by atoms with Gasteiger partial charge in [-0.1, -0.05) is 54.5 Å². The summed E-state index contributed by atoms with van der Waals surface area (Å²) in [4.78, 5) is 1.46. The second-order valence-electron chi connectivity index (χ2n) is 6.28. The minimum Gasteiger partial charge on any atom is -0.133 e. The zero-order valence-corrected chi connectivity index (χ0v) is 13.1. The molecule has 0 heterocycles. The Bertz CT molecular complexity index is 269. The largest absolute Gasteiger partial charge is 0.133 e. The van der Waals surface area contributed by atoms with Crippen molar-refractivity contribution in [2.45, 2.75) is 54.9 Å². The summed E-state index contributed by atoms with van der Waals surface area (Å²) in [5.74, 6) is 0. The van der Waals surface area contributed by atoms with E-state index in [9.17, 15) is 0 Å². The molecule has 0 aromatic heterocycles. The number of thioether (sulfide) groups is 1. The molecule has 0 atom stereocenters. The first-order chi connectivity index (χ1) is 7.12. The Morgan fingerprint density at radius 1 is 1.00 bits per heavy atom. The molecule has 0 radical (unpaired) electrons. The van der Waals surface area contributed by atoms with Crippen molar-refractivity contribution in [3.05, 3.63) is 22.6 Å². The molecular weight excluding hydrogens is 212 g/mol. The van der Waals surface area contributed by atoms with Gasteiger partial charge in [0.1, 0.15) is 0 Å². The molecule has 0 aliphatic heterocycles. The minimum atomic E-state index is 0.238. The zero-order valence-electron chi connectivity index (χ0n) is 12.3. The van der Waals surface area contributed by atoms with Gasteiger partial charge in [0, 0.05) is 0 Å². The minimum absolute atomic E-state index is 0.238. The van der Waals surface area contributed by atoms with E-state index in [0.717, 1.165) is 6.42 Å². The lowest BCUT2D eigenvalue weighted by atomic mass is 9.83. The number of hydrogen-bond donors (Lipinski definition) is 0. The SMILES string of the molecule is CC/C=C(\C=C(/SC)C(C)(C)C)C(C)(C)C. The average Bonchev–Trinajstić information content (AvgIpc) is 2.07. The van der Waals surface area contributed by atoms with Crippen LogP contribution in [0.25, 0.3) is 0 Å². The van der Waals surface area contributed by atoms with Crippen LogP contribution in [0.3, 0.4) is 0 Å². The van der Waals surface area contributed by atoms with Gasteiger partial charge in [-0.3, -0.25) is 0 Å². The fourth-order valence-corrected chi connectivity index (χ4v) is 2.38. The van der Waals surface area contributed by atoms with Gasteiger partial charge in [0.15, 0.2) is 0 Å². The smallest absolute Gasteiger partial charge is 0.00720 e. The van der Waals surface area contributed by atoms with Crippen molar-refractivity contribution in [1.29, 1.82) is 0 Å². The van der Waals surface area contributed by atoms with Crippen LogP contribution in [0.15, 0.2) is 22.6 Å². The normalized spacial score (nSPS) is 15.5. The molecule has 0 nitrogen and oxygen atoms in total. The topological polar surface area (TPSA) is 0 Å². The molecular formula is C15H28S. The molecule has 0 fully saturated rings. The molecule has 0 spiro atoms. The van der Waals surface area contributed by atoms with E-state index in [1.807, 2.05) is 11.8 Å². The van der Waals surface area contributed by atoms with Gasteiger partial charge in [0.05, 0.1) is 0 Å². The summed E-state index contributed by atoms with van der Waals surface area (Å²) in [6.07, 6.45) is 8.01. The Labute approximate surface area is 107 Å². The maximum absolute atomic E-state index is 2.38. The standard InChI is InChI=1S/C15H28S/c1-9-10-12(14(2,3)4)11-13(16-8)15(5,6)7/h10-11H,9H2,1-8H3/b12-10+,13-11-. The maximum atomic E-state index is 2.38. The maximum Gasteiger partial charge on any atom is -0.00720 e. The number of allylic oxidation sites excluding steroid dienone is 4. The van der Waals surface area contributed by atoms with Crippen LogP contribution in [0.4, 0.5) is 0 Å². The van der Waals surface area contributed by atoms with E-state index < -0.39 is 0 Å². The van der Waals surface area contributed by atoms with Gasteiger partial charge in [-0.05, 0) is 40.1 Å². The number of rotatable bonds is 3. The summed E-state index contributed by atoms with van der Waals surface area (Å²) in [7, 11) is 0. The first kappa shape index (κ1) is 15.8. The van der Waals surface area contributed by atoms with Crippen LogP contribution in [-0.2, 0) is 0 Å². The highest BCUT2D eigenvalue weighted by molar-refractivity contribution is 8.02. The van der Waals surface area contributed by atoms with E-state index in [2.05, 4.69) is 66.9 Å². The second kappa shape index (κ2) is 5.95. The molecule has 0 N–H and O–H groups in total. The highest BCUT2D eigenvalue weighted by atomic mass is 32.2. The first-order valence-corrected chi connectivity index (χ1v) is 7.32. The van der Waals surface area contributed by atoms with Crippen molar-refractivity contribution in [2.75, 3.05) is 6.26 Å². The van der Waals surface area contributed by atoms with Gasteiger partial charge in [-0.15, -0.1) is 11.8 Å². The lowest BCUT2D eigenvalue weighted by Crippen LogP contribution is -2.12. The first-order valence-electron chi connectivity index (χ1n) is 6.09. The van der Waals surface area contributed by atoms with Gasteiger partial charge in [-0.25, -0.2) is 0 Å². The molecule has 0 aliphatic carbocycles. The van der Waals surface area contributed by atoms with Crippen molar-refractivity contribution in [1.82, 2.24) is 0 Å². The van der Waals surface area contributed by atoms with Gasteiger partial charge in [0.25, 0.3) is 0 Å². The van der Waals surface area contributed by atoms with E-state index in [1.54, 1.807) is 0 Å². The summed E-state index contributed by atoms with van der Waals surface area (Å²) in [6.45, 7) is 15.9. The molecule has 0 aromatic rings. The molecule has 0 aliphatic rings. The van der Waals surface area contributed by atoms with Crippen molar-refractivity contribution in [3.8, 4) is 0 Å². The fourth-order valence-electron chi connectivity index (χ4n) is 1.52. The van der Waals surface area contributed by atoms with Gasteiger partial charge in [0.2, 0.25) is 0 Å². The molecule has 0 saturated carbocycles. The summed E-state index contributed by atoms with van der Waals surface area (Å²) in [5.41, 5.74) is 1.94. The van der Waals surface area contributed by atoms with Crippen molar-refractivity contribution < 1.29 is 0 Å². The highest BCUT2D eigenvalue weighted by Crippen LogP contribution is 2.37. The molecule has 0 unspecified atom stereocenters. The van der Waals surface area contributed by atoms with Gasteiger partial charge in [-0.2, -0.15) is 0 Å². The van der Waals surface area contributed by atoms with Crippen molar-refractivity contribution in [2.24, 2.45) is 10.8 Å². The van der Waals surface area contributed by atoms with Gasteiger partial charge >= 0.3 is 0 Å². The zero-order chi connectivity index (χ0) is 13.0. The monoisotopic (exact) mass is 240 g/mol. The van der Waals surface area contributed by atoms with E-state index in [0.29, 0.717) is 0 Å². The predicted octanol–water partition coefficient (Wildman–Crippen LogP) is 5.66. The molecule has 0 bridgehead atoms. The predicted molar refractivity (Wildman–Crippen MR) is 78.9 cm³/mol. The van der Waals surface area contributed by atoms with Crippen molar-refractivity contribution in [3.63, 3.8) is 0 Å². The van der Waals surface area contributed by atoms with E-state index in [4.69, 9.17) is 0 Å². The molecule has 16 heavy (non-hydrogen) atoms. The van der Waals surface area contributed by atoms with Crippen molar-refractivity contribution >= 4 is 11.8 Å². The summed E-state index contributed by atoms with van der Waals surface area (Å²) in [5, 5.41) is 0. The summed E-state index contributed by atoms with van der Waals surface area (Å²) >= 11 is 1.87. The molecule has 0 rings (SSSR count). The van der Waals surface area contributed by atoms with Crippen LogP contribution >= 0.6 is 11.8 Å². The van der Waals surface area contributed by atoms with Crippen LogP contribution in [0, 0.1) is 10.8 Å². The third-order valence-electron chi connectivity index (χ3n) is 2.54. The Hall–Kier alpha value is -0.170. The van der Waals surface area contributed by atoms with Crippen LogP contribution in [0.1, 0.15) is 54.9 Å². The van der Waals surface area contributed by atoms with Crippen LogP contribution in [-0.4, -0.2) is 6.26 Å². The fraction of sp³-hybridized carbons (Fsp3) is 0.733. The molecule has 1 heteroatoms. The third-order valence-corrected chi connectivity index (χ3v) is 3.71. The van der Waals surface area contributed by atoms with E-state index in [1.165, 1.54) is 10.5 Å². The summed E-state index contributed by atoms with van der Waals surface area (Å²) in [6, 6.07) is 0. The van der Waals surface area contributed by atoms with Crippen LogP contribution in [0.5, 0.6) is 0 Å². The second-order valence-corrected chi connectivity index (χ2v) is 7.13. The van der Waals surface area contributed by atoms with Crippen LogP contribution in [0.2, 0.25) is 0 Å². The Morgan fingerprint density at radius 3 is 1.75 bits per heavy atom. The summed E-state index contributed by atoms with van der Waals surface area (Å²) < 4.78 is 0.